The van der Waals surface area contributed by atoms with Gasteiger partial charge in [0.15, 0.2) is 0 Å². The van der Waals surface area contributed by atoms with Crippen molar-refractivity contribution < 1.29 is 8.91 Å². The summed E-state index contributed by atoms with van der Waals surface area (Å²) in [5.74, 6) is 0.214. The van der Waals surface area contributed by atoms with Gasteiger partial charge in [-0.3, -0.25) is 4.98 Å². The Morgan fingerprint density at radius 1 is 1.29 bits per heavy atom. The molecule has 21 heavy (non-hydrogen) atoms. The van der Waals surface area contributed by atoms with E-state index in [1.165, 1.54) is 12.1 Å². The third kappa shape index (κ3) is 2.47. The second kappa shape index (κ2) is 5.32. The summed E-state index contributed by atoms with van der Waals surface area (Å²) in [5, 5.41) is 3.94. The molecule has 2 aromatic heterocycles. The molecule has 0 amide bonds. The van der Waals surface area contributed by atoms with E-state index < -0.39 is 5.82 Å². The highest BCUT2D eigenvalue weighted by Gasteiger charge is 2.14. The lowest BCUT2D eigenvalue weighted by Crippen LogP contribution is -1.93. The van der Waals surface area contributed by atoms with Gasteiger partial charge in [0, 0.05) is 11.8 Å². The SMILES string of the molecule is CCc1cccnc1-c1noc(-c2ccc(F)c(N)c2)n1. The molecule has 0 aliphatic carbocycles. The van der Waals surface area contributed by atoms with Crippen LogP contribution in [-0.2, 0) is 6.42 Å². The minimum atomic E-state index is -0.475. The number of aromatic nitrogens is 3. The zero-order valence-corrected chi connectivity index (χ0v) is 11.4. The van der Waals surface area contributed by atoms with Crippen molar-refractivity contribution >= 4 is 5.69 Å². The standard InChI is InChI=1S/C15H13FN4O/c1-2-9-4-3-7-18-13(9)14-19-15(21-20-14)10-5-6-11(16)12(17)8-10/h3-8H,2,17H2,1H3. The van der Waals surface area contributed by atoms with Crippen LogP contribution in [0.2, 0.25) is 0 Å². The number of anilines is 1. The maximum atomic E-state index is 13.2. The monoisotopic (exact) mass is 284 g/mol. The van der Waals surface area contributed by atoms with Gasteiger partial charge in [-0.25, -0.2) is 4.39 Å². The van der Waals surface area contributed by atoms with Crippen molar-refractivity contribution in [3.63, 3.8) is 0 Å². The number of pyridine rings is 1. The summed E-state index contributed by atoms with van der Waals surface area (Å²) < 4.78 is 18.4. The normalized spacial score (nSPS) is 10.8. The number of nitrogen functional groups attached to an aromatic ring is 1. The zero-order valence-electron chi connectivity index (χ0n) is 11.4. The Morgan fingerprint density at radius 3 is 2.90 bits per heavy atom. The Hall–Kier alpha value is -2.76. The van der Waals surface area contributed by atoms with Crippen LogP contribution in [0.25, 0.3) is 23.0 Å². The quantitative estimate of drug-likeness (QED) is 0.748. The van der Waals surface area contributed by atoms with E-state index in [0.29, 0.717) is 17.1 Å². The fourth-order valence-electron chi connectivity index (χ4n) is 2.04. The molecule has 0 saturated heterocycles. The van der Waals surface area contributed by atoms with Crippen molar-refractivity contribution in [3.05, 3.63) is 47.9 Å². The molecular weight excluding hydrogens is 271 g/mol. The van der Waals surface area contributed by atoms with Crippen molar-refractivity contribution in [1.82, 2.24) is 15.1 Å². The third-order valence-electron chi connectivity index (χ3n) is 3.15. The lowest BCUT2D eigenvalue weighted by molar-refractivity contribution is 0.432. The van der Waals surface area contributed by atoms with Crippen molar-refractivity contribution in [2.75, 3.05) is 5.73 Å². The van der Waals surface area contributed by atoms with E-state index in [-0.39, 0.29) is 11.6 Å². The summed E-state index contributed by atoms with van der Waals surface area (Å²) in [7, 11) is 0. The van der Waals surface area contributed by atoms with Gasteiger partial charge in [-0.15, -0.1) is 0 Å². The number of hydrogen-bond acceptors (Lipinski definition) is 5. The highest BCUT2D eigenvalue weighted by molar-refractivity contribution is 5.63. The van der Waals surface area contributed by atoms with Crippen LogP contribution < -0.4 is 5.73 Å². The van der Waals surface area contributed by atoms with Crippen LogP contribution in [0.15, 0.2) is 41.1 Å². The Bertz CT molecular complexity index is 785. The summed E-state index contributed by atoms with van der Waals surface area (Å²) in [4.78, 5) is 8.60. The smallest absolute Gasteiger partial charge is 0.258 e. The second-order valence-corrected chi connectivity index (χ2v) is 4.52. The maximum Gasteiger partial charge on any atom is 0.258 e. The van der Waals surface area contributed by atoms with E-state index in [4.69, 9.17) is 10.3 Å². The fraction of sp³-hybridized carbons (Fsp3) is 0.133. The van der Waals surface area contributed by atoms with Gasteiger partial charge in [-0.1, -0.05) is 18.1 Å². The topological polar surface area (TPSA) is 77.8 Å². The molecule has 0 atom stereocenters. The number of halogens is 1. The molecule has 0 bridgehead atoms. The molecule has 0 radical (unpaired) electrons. The van der Waals surface area contributed by atoms with Gasteiger partial charge in [0.25, 0.3) is 5.89 Å². The Morgan fingerprint density at radius 2 is 2.14 bits per heavy atom. The molecule has 1 aromatic carbocycles. The second-order valence-electron chi connectivity index (χ2n) is 4.52. The predicted octanol–water partition coefficient (Wildman–Crippen LogP) is 3.08. The molecule has 3 rings (SSSR count). The number of benzene rings is 1. The molecule has 0 aliphatic heterocycles. The summed E-state index contributed by atoms with van der Waals surface area (Å²) in [6.45, 7) is 2.03. The number of nitrogens with two attached hydrogens (primary N) is 1. The molecule has 0 aliphatic rings. The lowest BCUT2D eigenvalue weighted by Gasteiger charge is -2.00. The molecule has 3 aromatic rings. The average Bonchev–Trinajstić information content (AvgIpc) is 2.99. The number of hydrogen-bond donors (Lipinski definition) is 1. The van der Waals surface area contributed by atoms with E-state index in [1.807, 2.05) is 19.1 Å². The first-order valence-corrected chi connectivity index (χ1v) is 6.52. The van der Waals surface area contributed by atoms with Crippen LogP contribution in [0, 0.1) is 5.82 Å². The first kappa shape index (κ1) is 13.2. The average molecular weight is 284 g/mol. The van der Waals surface area contributed by atoms with Gasteiger partial charge in [0.05, 0.1) is 5.69 Å². The predicted molar refractivity (Wildman–Crippen MR) is 76.7 cm³/mol. The van der Waals surface area contributed by atoms with E-state index in [1.54, 1.807) is 12.3 Å². The van der Waals surface area contributed by atoms with E-state index in [2.05, 4.69) is 15.1 Å². The number of aryl methyl sites for hydroxylation is 1. The molecule has 0 saturated carbocycles. The van der Waals surface area contributed by atoms with Crippen molar-refractivity contribution in [2.45, 2.75) is 13.3 Å². The van der Waals surface area contributed by atoms with Crippen molar-refractivity contribution in [2.24, 2.45) is 0 Å². The lowest BCUT2D eigenvalue weighted by atomic mass is 10.1. The minimum absolute atomic E-state index is 0.0410. The summed E-state index contributed by atoms with van der Waals surface area (Å²) in [5.41, 5.74) is 7.87. The summed E-state index contributed by atoms with van der Waals surface area (Å²) in [6, 6.07) is 8.11. The number of nitrogens with zero attached hydrogens (tertiary/aromatic N) is 3. The molecule has 106 valence electrons. The first-order valence-electron chi connectivity index (χ1n) is 6.52. The molecule has 5 nitrogen and oxygen atoms in total. The van der Waals surface area contributed by atoms with Crippen molar-refractivity contribution in [3.8, 4) is 23.0 Å². The molecule has 2 heterocycles. The molecular formula is C15H13FN4O. The van der Waals surface area contributed by atoms with E-state index in [9.17, 15) is 4.39 Å². The first-order chi connectivity index (χ1) is 10.2. The van der Waals surface area contributed by atoms with Gasteiger partial charge >= 0.3 is 0 Å². The molecule has 0 spiro atoms. The van der Waals surface area contributed by atoms with Gasteiger partial charge < -0.3 is 10.3 Å². The van der Waals surface area contributed by atoms with E-state index >= 15 is 0 Å². The zero-order chi connectivity index (χ0) is 14.8. The Balaban J connectivity index is 2.01. The van der Waals surface area contributed by atoms with Gasteiger partial charge in [-0.05, 0) is 36.2 Å². The Kier molecular flexibility index (Phi) is 3.35. The Labute approximate surface area is 120 Å². The van der Waals surface area contributed by atoms with Crippen LogP contribution in [0.4, 0.5) is 10.1 Å². The van der Waals surface area contributed by atoms with Crippen LogP contribution in [0.5, 0.6) is 0 Å². The minimum Gasteiger partial charge on any atom is -0.396 e. The van der Waals surface area contributed by atoms with Gasteiger partial charge in [-0.2, -0.15) is 4.98 Å². The highest BCUT2D eigenvalue weighted by Crippen LogP contribution is 2.25. The van der Waals surface area contributed by atoms with Crippen LogP contribution in [-0.4, -0.2) is 15.1 Å². The van der Waals surface area contributed by atoms with Gasteiger partial charge in [0.1, 0.15) is 11.5 Å². The number of rotatable bonds is 3. The largest absolute Gasteiger partial charge is 0.396 e. The van der Waals surface area contributed by atoms with Crippen molar-refractivity contribution in [1.29, 1.82) is 0 Å². The summed E-state index contributed by atoms with van der Waals surface area (Å²) >= 11 is 0. The summed E-state index contributed by atoms with van der Waals surface area (Å²) in [6.07, 6.45) is 2.50. The third-order valence-corrected chi connectivity index (χ3v) is 3.15. The molecule has 0 fully saturated rings. The van der Waals surface area contributed by atoms with Crippen LogP contribution in [0.1, 0.15) is 12.5 Å². The molecule has 6 heteroatoms. The van der Waals surface area contributed by atoms with Crippen LogP contribution in [0.3, 0.4) is 0 Å². The maximum absolute atomic E-state index is 13.2. The molecule has 2 N–H and O–H groups in total. The van der Waals surface area contributed by atoms with Crippen LogP contribution >= 0.6 is 0 Å². The highest BCUT2D eigenvalue weighted by atomic mass is 19.1. The molecule has 0 unspecified atom stereocenters. The van der Waals surface area contributed by atoms with Gasteiger partial charge in [0.2, 0.25) is 5.82 Å². The van der Waals surface area contributed by atoms with E-state index in [0.717, 1.165) is 12.0 Å². The fourth-order valence-corrected chi connectivity index (χ4v) is 2.04.